The standard InChI is InChI=1S/C12H25NO2S2/c1-11(2,3)17(14,15)9-7-13-10-12(4)6-5-8-16-12/h13H,5-10H2,1-4H3. The minimum Gasteiger partial charge on any atom is -0.314 e. The van der Waals surface area contributed by atoms with E-state index in [0.29, 0.717) is 11.3 Å². The van der Waals surface area contributed by atoms with Crippen LogP contribution in [-0.4, -0.2) is 42.5 Å². The van der Waals surface area contributed by atoms with Crippen LogP contribution in [0.2, 0.25) is 0 Å². The molecule has 0 aromatic heterocycles. The molecule has 1 atom stereocenters. The first-order valence-electron chi connectivity index (χ1n) is 6.23. The van der Waals surface area contributed by atoms with Crippen molar-refractivity contribution in [3.8, 4) is 0 Å². The van der Waals surface area contributed by atoms with Crippen LogP contribution in [0.5, 0.6) is 0 Å². The molecule has 102 valence electrons. The zero-order chi connectivity index (χ0) is 13.2. The molecule has 0 amide bonds. The minimum absolute atomic E-state index is 0.233. The van der Waals surface area contributed by atoms with Crippen LogP contribution in [0.1, 0.15) is 40.5 Å². The molecule has 17 heavy (non-hydrogen) atoms. The second kappa shape index (κ2) is 5.49. The fourth-order valence-electron chi connectivity index (χ4n) is 1.84. The highest BCUT2D eigenvalue weighted by atomic mass is 32.2. The number of nitrogens with one attached hydrogen (secondary N) is 1. The number of sulfone groups is 1. The summed E-state index contributed by atoms with van der Waals surface area (Å²) in [6.07, 6.45) is 2.51. The summed E-state index contributed by atoms with van der Waals surface area (Å²) >= 11 is 2.00. The van der Waals surface area contributed by atoms with Crippen molar-refractivity contribution >= 4 is 21.6 Å². The highest BCUT2D eigenvalue weighted by molar-refractivity contribution is 8.00. The Bertz CT molecular complexity index is 338. The highest BCUT2D eigenvalue weighted by Gasteiger charge is 2.30. The van der Waals surface area contributed by atoms with Gasteiger partial charge in [-0.3, -0.25) is 0 Å². The van der Waals surface area contributed by atoms with Gasteiger partial charge in [0.25, 0.3) is 0 Å². The summed E-state index contributed by atoms with van der Waals surface area (Å²) in [6, 6.07) is 0. The lowest BCUT2D eigenvalue weighted by molar-refractivity contribution is 0.534. The number of thioether (sulfide) groups is 1. The van der Waals surface area contributed by atoms with Gasteiger partial charge in [-0.15, -0.1) is 0 Å². The first kappa shape index (κ1) is 15.3. The first-order valence-corrected chi connectivity index (χ1v) is 8.87. The molecule has 1 rings (SSSR count). The predicted octanol–water partition coefficient (Wildman–Crippen LogP) is 2.07. The van der Waals surface area contributed by atoms with E-state index < -0.39 is 14.6 Å². The Kier molecular flexibility index (Phi) is 4.95. The van der Waals surface area contributed by atoms with E-state index in [1.807, 2.05) is 11.8 Å². The molecule has 1 heterocycles. The maximum Gasteiger partial charge on any atom is 0.156 e. The topological polar surface area (TPSA) is 46.2 Å². The second-order valence-electron chi connectivity index (χ2n) is 6.01. The van der Waals surface area contributed by atoms with Crippen molar-refractivity contribution in [1.82, 2.24) is 5.32 Å². The third kappa shape index (κ3) is 4.45. The van der Waals surface area contributed by atoms with E-state index in [1.165, 1.54) is 18.6 Å². The lowest BCUT2D eigenvalue weighted by Gasteiger charge is -2.24. The van der Waals surface area contributed by atoms with E-state index in [9.17, 15) is 8.42 Å². The molecule has 0 aromatic carbocycles. The van der Waals surface area contributed by atoms with Crippen molar-refractivity contribution in [3.05, 3.63) is 0 Å². The molecule has 1 N–H and O–H groups in total. The third-order valence-corrected chi connectivity index (χ3v) is 7.43. The lowest BCUT2D eigenvalue weighted by atomic mass is 10.1. The first-order chi connectivity index (χ1) is 7.66. The summed E-state index contributed by atoms with van der Waals surface area (Å²) in [5, 5.41) is 3.30. The molecule has 0 aliphatic carbocycles. The summed E-state index contributed by atoms with van der Waals surface area (Å²) in [7, 11) is -2.98. The number of rotatable bonds is 5. The van der Waals surface area contributed by atoms with Crippen LogP contribution in [0.15, 0.2) is 0 Å². The van der Waals surface area contributed by atoms with Crippen LogP contribution in [0.3, 0.4) is 0 Å². The zero-order valence-electron chi connectivity index (χ0n) is 11.4. The zero-order valence-corrected chi connectivity index (χ0v) is 13.0. The quantitative estimate of drug-likeness (QED) is 0.783. The number of hydrogen-bond acceptors (Lipinski definition) is 4. The van der Waals surface area contributed by atoms with E-state index in [2.05, 4.69) is 12.2 Å². The van der Waals surface area contributed by atoms with Crippen molar-refractivity contribution in [3.63, 3.8) is 0 Å². The van der Waals surface area contributed by atoms with Crippen LogP contribution in [-0.2, 0) is 9.84 Å². The van der Waals surface area contributed by atoms with Gasteiger partial charge >= 0.3 is 0 Å². The van der Waals surface area contributed by atoms with Crippen LogP contribution in [0, 0.1) is 0 Å². The normalized spacial score (nSPS) is 26.4. The average Bonchev–Trinajstić information content (AvgIpc) is 2.59. The molecular formula is C12H25NO2S2. The Hall–Kier alpha value is 0.260. The molecule has 1 fully saturated rings. The SMILES string of the molecule is CC1(CNCCS(=O)(=O)C(C)(C)C)CCCS1. The summed E-state index contributed by atoms with van der Waals surface area (Å²) in [5.41, 5.74) is 0. The van der Waals surface area contributed by atoms with E-state index in [-0.39, 0.29) is 5.75 Å². The van der Waals surface area contributed by atoms with Gasteiger partial charge in [0.2, 0.25) is 0 Å². The van der Waals surface area contributed by atoms with Gasteiger partial charge in [0.1, 0.15) is 0 Å². The molecule has 1 aliphatic rings. The smallest absolute Gasteiger partial charge is 0.156 e. The fraction of sp³-hybridized carbons (Fsp3) is 1.00. The Morgan fingerprint density at radius 1 is 1.35 bits per heavy atom. The van der Waals surface area contributed by atoms with Crippen LogP contribution in [0.25, 0.3) is 0 Å². The molecule has 1 saturated heterocycles. The Labute approximate surface area is 110 Å². The predicted molar refractivity (Wildman–Crippen MR) is 76.5 cm³/mol. The van der Waals surface area contributed by atoms with Crippen LogP contribution < -0.4 is 5.32 Å². The summed E-state index contributed by atoms with van der Waals surface area (Å²) in [5.74, 6) is 1.47. The molecule has 0 bridgehead atoms. The minimum atomic E-state index is -2.98. The molecule has 1 unspecified atom stereocenters. The molecular weight excluding hydrogens is 254 g/mol. The van der Waals surface area contributed by atoms with Crippen molar-refractivity contribution in [2.24, 2.45) is 0 Å². The van der Waals surface area contributed by atoms with E-state index in [1.54, 1.807) is 20.8 Å². The van der Waals surface area contributed by atoms with Crippen LogP contribution in [0.4, 0.5) is 0 Å². The Morgan fingerprint density at radius 2 is 2.00 bits per heavy atom. The molecule has 5 heteroatoms. The number of hydrogen-bond donors (Lipinski definition) is 1. The van der Waals surface area contributed by atoms with Gasteiger partial charge in [-0.1, -0.05) is 0 Å². The van der Waals surface area contributed by atoms with Gasteiger partial charge in [0.15, 0.2) is 9.84 Å². The van der Waals surface area contributed by atoms with E-state index in [0.717, 1.165) is 6.54 Å². The summed E-state index contributed by atoms with van der Waals surface area (Å²) in [6.45, 7) is 9.02. The van der Waals surface area contributed by atoms with Gasteiger partial charge in [-0.05, 0) is 46.3 Å². The molecule has 0 aromatic rings. The molecule has 0 spiro atoms. The van der Waals surface area contributed by atoms with Gasteiger partial charge in [0, 0.05) is 17.8 Å². The van der Waals surface area contributed by atoms with Crippen LogP contribution >= 0.6 is 11.8 Å². The maximum atomic E-state index is 11.9. The van der Waals surface area contributed by atoms with Gasteiger partial charge in [-0.2, -0.15) is 11.8 Å². The van der Waals surface area contributed by atoms with Gasteiger partial charge < -0.3 is 5.32 Å². The van der Waals surface area contributed by atoms with Crippen molar-refractivity contribution in [2.75, 3.05) is 24.6 Å². The average molecular weight is 279 g/mol. The maximum absolute atomic E-state index is 11.9. The Morgan fingerprint density at radius 3 is 2.47 bits per heavy atom. The molecule has 0 radical (unpaired) electrons. The van der Waals surface area contributed by atoms with Crippen molar-refractivity contribution < 1.29 is 8.42 Å². The van der Waals surface area contributed by atoms with E-state index >= 15 is 0 Å². The Balaban J connectivity index is 2.29. The van der Waals surface area contributed by atoms with E-state index in [4.69, 9.17) is 0 Å². The summed E-state index contributed by atoms with van der Waals surface area (Å²) < 4.78 is 23.4. The molecule has 0 saturated carbocycles. The second-order valence-corrected chi connectivity index (χ2v) is 10.6. The van der Waals surface area contributed by atoms with Gasteiger partial charge in [0.05, 0.1) is 10.5 Å². The fourth-order valence-corrected chi connectivity index (χ4v) is 4.14. The molecule has 1 aliphatic heterocycles. The lowest BCUT2D eigenvalue weighted by Crippen LogP contribution is -2.38. The van der Waals surface area contributed by atoms with Crippen molar-refractivity contribution in [2.45, 2.75) is 50.0 Å². The van der Waals surface area contributed by atoms with Gasteiger partial charge in [-0.25, -0.2) is 8.42 Å². The molecule has 3 nitrogen and oxygen atoms in total. The summed E-state index contributed by atoms with van der Waals surface area (Å²) in [4.78, 5) is 0. The largest absolute Gasteiger partial charge is 0.314 e. The third-order valence-electron chi connectivity index (χ3n) is 3.28. The monoisotopic (exact) mass is 279 g/mol. The van der Waals surface area contributed by atoms with Crippen molar-refractivity contribution in [1.29, 1.82) is 0 Å². The highest BCUT2D eigenvalue weighted by Crippen LogP contribution is 2.36.